The summed E-state index contributed by atoms with van der Waals surface area (Å²) in [5.41, 5.74) is 0. The summed E-state index contributed by atoms with van der Waals surface area (Å²) in [6, 6.07) is 3.67. The van der Waals surface area contributed by atoms with Crippen LogP contribution in [0.3, 0.4) is 0 Å². The van der Waals surface area contributed by atoms with Crippen molar-refractivity contribution in [3.8, 4) is 11.8 Å². The van der Waals surface area contributed by atoms with E-state index in [4.69, 9.17) is 0 Å². The lowest BCUT2D eigenvalue weighted by Crippen LogP contribution is -1.89. The molecule has 0 unspecified atom stereocenters. The Hall–Kier alpha value is -1.07. The van der Waals surface area contributed by atoms with Gasteiger partial charge in [0.25, 0.3) is 0 Å². The topological polar surface area (TPSA) is 17.1 Å². The molecule has 1 aromatic rings. The van der Waals surface area contributed by atoms with Crippen molar-refractivity contribution in [2.24, 2.45) is 0 Å². The van der Waals surface area contributed by atoms with E-state index in [0.717, 1.165) is 24.1 Å². The SMILES string of the molecule is CCCCC#CC(=O)c1cccs1. The van der Waals surface area contributed by atoms with Gasteiger partial charge in [-0.1, -0.05) is 25.3 Å². The smallest absolute Gasteiger partial charge is 0.245 e. The Labute approximate surface area is 82.8 Å². The summed E-state index contributed by atoms with van der Waals surface area (Å²) in [5, 5.41) is 1.89. The predicted octanol–water partition coefficient (Wildman–Crippen LogP) is 3.12. The van der Waals surface area contributed by atoms with Crippen molar-refractivity contribution < 1.29 is 4.79 Å². The molecule has 1 rings (SSSR count). The molecule has 0 bridgehead atoms. The van der Waals surface area contributed by atoms with Crippen molar-refractivity contribution in [3.05, 3.63) is 22.4 Å². The van der Waals surface area contributed by atoms with E-state index < -0.39 is 0 Å². The van der Waals surface area contributed by atoms with Crippen LogP contribution in [0.15, 0.2) is 17.5 Å². The number of hydrogen-bond donors (Lipinski definition) is 0. The number of carbonyl (C=O) groups excluding carboxylic acids is 1. The first-order valence-corrected chi connectivity index (χ1v) is 5.29. The fourth-order valence-corrected chi connectivity index (χ4v) is 1.50. The van der Waals surface area contributed by atoms with Crippen molar-refractivity contribution in [1.29, 1.82) is 0 Å². The van der Waals surface area contributed by atoms with Crippen molar-refractivity contribution in [3.63, 3.8) is 0 Å². The normalized spacial score (nSPS) is 9.00. The van der Waals surface area contributed by atoms with Crippen LogP contribution >= 0.6 is 11.3 Å². The largest absolute Gasteiger partial charge is 0.278 e. The maximum Gasteiger partial charge on any atom is 0.245 e. The third-order valence-electron chi connectivity index (χ3n) is 1.60. The van der Waals surface area contributed by atoms with Crippen LogP contribution in [0.25, 0.3) is 0 Å². The van der Waals surface area contributed by atoms with Gasteiger partial charge in [-0.3, -0.25) is 4.79 Å². The van der Waals surface area contributed by atoms with E-state index in [0.29, 0.717) is 0 Å². The van der Waals surface area contributed by atoms with Crippen molar-refractivity contribution in [2.75, 3.05) is 0 Å². The first kappa shape index (κ1) is 10.0. The molecule has 1 nitrogen and oxygen atoms in total. The van der Waals surface area contributed by atoms with Crippen LogP contribution in [0.5, 0.6) is 0 Å². The van der Waals surface area contributed by atoms with Gasteiger partial charge in [0.1, 0.15) is 0 Å². The molecule has 0 fully saturated rings. The Balaban J connectivity index is 2.44. The standard InChI is InChI=1S/C11H12OS/c1-2-3-4-5-7-10(12)11-8-6-9-13-11/h6,8-9H,2-4H2,1H3. The molecule has 1 heterocycles. The van der Waals surface area contributed by atoms with E-state index in [-0.39, 0.29) is 5.78 Å². The third kappa shape index (κ3) is 3.43. The molecule has 0 aromatic carbocycles. The van der Waals surface area contributed by atoms with Gasteiger partial charge in [0.05, 0.1) is 4.88 Å². The molecule has 0 atom stereocenters. The summed E-state index contributed by atoms with van der Waals surface area (Å²) in [6.45, 7) is 2.11. The zero-order valence-corrected chi connectivity index (χ0v) is 8.49. The minimum absolute atomic E-state index is 0.0499. The minimum atomic E-state index is -0.0499. The molecule has 0 aliphatic heterocycles. The average molecular weight is 192 g/mol. The maximum atomic E-state index is 11.3. The van der Waals surface area contributed by atoms with Gasteiger partial charge in [-0.15, -0.1) is 11.3 Å². The number of hydrogen-bond acceptors (Lipinski definition) is 2. The molecule has 0 saturated carbocycles. The first-order chi connectivity index (χ1) is 6.34. The lowest BCUT2D eigenvalue weighted by Gasteiger charge is -1.84. The molecule has 13 heavy (non-hydrogen) atoms. The molecule has 0 radical (unpaired) electrons. The lowest BCUT2D eigenvalue weighted by atomic mass is 10.2. The lowest BCUT2D eigenvalue weighted by molar-refractivity contribution is 0.106. The highest BCUT2D eigenvalue weighted by atomic mass is 32.1. The average Bonchev–Trinajstić information content (AvgIpc) is 2.65. The van der Waals surface area contributed by atoms with Gasteiger partial charge < -0.3 is 0 Å². The molecule has 0 saturated heterocycles. The number of Topliss-reactive ketones (excluding diaryl/α,β-unsaturated/α-hetero) is 1. The van der Waals surface area contributed by atoms with Crippen LogP contribution in [0.4, 0.5) is 0 Å². The molecule has 0 amide bonds. The van der Waals surface area contributed by atoms with Gasteiger partial charge in [-0.2, -0.15) is 0 Å². The van der Waals surface area contributed by atoms with E-state index in [2.05, 4.69) is 18.8 Å². The van der Waals surface area contributed by atoms with E-state index in [9.17, 15) is 4.79 Å². The number of rotatable bonds is 3. The summed E-state index contributed by atoms with van der Waals surface area (Å²) >= 11 is 1.44. The quantitative estimate of drug-likeness (QED) is 0.311. The Morgan fingerprint density at radius 2 is 2.46 bits per heavy atom. The van der Waals surface area contributed by atoms with Crippen molar-refractivity contribution in [1.82, 2.24) is 0 Å². The Kier molecular flexibility index (Phi) is 4.28. The summed E-state index contributed by atoms with van der Waals surface area (Å²) < 4.78 is 0. The summed E-state index contributed by atoms with van der Waals surface area (Å²) in [4.78, 5) is 12.0. The molecular weight excluding hydrogens is 180 g/mol. The van der Waals surface area contributed by atoms with Gasteiger partial charge >= 0.3 is 0 Å². The zero-order valence-electron chi connectivity index (χ0n) is 7.67. The van der Waals surface area contributed by atoms with E-state index >= 15 is 0 Å². The summed E-state index contributed by atoms with van der Waals surface area (Å²) in [7, 11) is 0. The van der Waals surface area contributed by atoms with Crippen LogP contribution in [-0.2, 0) is 0 Å². The van der Waals surface area contributed by atoms with E-state index in [1.165, 1.54) is 11.3 Å². The van der Waals surface area contributed by atoms with Crippen molar-refractivity contribution in [2.45, 2.75) is 26.2 Å². The minimum Gasteiger partial charge on any atom is -0.278 e. The Morgan fingerprint density at radius 1 is 1.62 bits per heavy atom. The fourth-order valence-electron chi connectivity index (χ4n) is 0.877. The van der Waals surface area contributed by atoms with E-state index in [1.807, 2.05) is 17.5 Å². The molecule has 0 aliphatic rings. The highest BCUT2D eigenvalue weighted by Gasteiger charge is 2.00. The van der Waals surface area contributed by atoms with Crippen molar-refractivity contribution >= 4 is 17.1 Å². The number of thiophene rings is 1. The zero-order chi connectivity index (χ0) is 9.52. The highest BCUT2D eigenvalue weighted by molar-refractivity contribution is 7.12. The second kappa shape index (κ2) is 5.55. The monoisotopic (exact) mass is 192 g/mol. The molecule has 0 N–H and O–H groups in total. The van der Waals surface area contributed by atoms with Gasteiger partial charge in [0.15, 0.2) is 0 Å². The Morgan fingerprint density at radius 3 is 3.08 bits per heavy atom. The van der Waals surface area contributed by atoms with Crippen LogP contribution in [0, 0.1) is 11.8 Å². The maximum absolute atomic E-state index is 11.3. The second-order valence-corrected chi connectivity index (χ2v) is 3.66. The molecule has 1 aromatic heterocycles. The fraction of sp³-hybridized carbons (Fsp3) is 0.364. The van der Waals surface area contributed by atoms with Crippen LogP contribution in [-0.4, -0.2) is 5.78 Å². The third-order valence-corrected chi connectivity index (χ3v) is 2.47. The summed E-state index contributed by atoms with van der Waals surface area (Å²) in [5.74, 6) is 5.47. The van der Waals surface area contributed by atoms with Gasteiger partial charge in [-0.05, 0) is 23.8 Å². The van der Waals surface area contributed by atoms with Gasteiger partial charge in [-0.25, -0.2) is 0 Å². The molecule has 0 spiro atoms. The predicted molar refractivity (Wildman–Crippen MR) is 56.0 cm³/mol. The highest BCUT2D eigenvalue weighted by Crippen LogP contribution is 2.08. The number of carbonyl (C=O) groups is 1. The first-order valence-electron chi connectivity index (χ1n) is 4.41. The van der Waals surface area contributed by atoms with Crippen LogP contribution in [0.2, 0.25) is 0 Å². The van der Waals surface area contributed by atoms with Gasteiger partial charge in [0, 0.05) is 6.42 Å². The van der Waals surface area contributed by atoms with Crippen LogP contribution in [0.1, 0.15) is 35.9 Å². The number of ketones is 1. The summed E-state index contributed by atoms with van der Waals surface area (Å²) in [6.07, 6.45) is 3.03. The molecular formula is C11H12OS. The Bertz CT molecular complexity index is 314. The molecule has 68 valence electrons. The number of unbranched alkanes of at least 4 members (excludes halogenated alkanes) is 2. The van der Waals surface area contributed by atoms with E-state index in [1.54, 1.807) is 0 Å². The second-order valence-electron chi connectivity index (χ2n) is 2.71. The molecule has 2 heteroatoms. The molecule has 0 aliphatic carbocycles. The van der Waals surface area contributed by atoms with Crippen LogP contribution < -0.4 is 0 Å². The van der Waals surface area contributed by atoms with Gasteiger partial charge in [0.2, 0.25) is 5.78 Å².